The van der Waals surface area contributed by atoms with E-state index in [0.29, 0.717) is 16.0 Å². The first-order chi connectivity index (χ1) is 12.4. The van der Waals surface area contributed by atoms with Gasteiger partial charge < -0.3 is 9.47 Å². The molecule has 0 aliphatic carbocycles. The number of para-hydroxylation sites is 1. The summed E-state index contributed by atoms with van der Waals surface area (Å²) in [5, 5.41) is 5.39. The van der Waals surface area contributed by atoms with Crippen LogP contribution < -0.4 is 4.74 Å². The third kappa shape index (κ3) is 2.53. The van der Waals surface area contributed by atoms with Crippen LogP contribution in [0, 0.1) is 0 Å². The van der Waals surface area contributed by atoms with Gasteiger partial charge in [-0.3, -0.25) is 0 Å². The predicted octanol–water partition coefficient (Wildman–Crippen LogP) is 3.69. The van der Waals surface area contributed by atoms with Gasteiger partial charge in [-0.05, 0) is 12.1 Å². The molecule has 0 fully saturated rings. The van der Waals surface area contributed by atoms with E-state index in [0.717, 1.165) is 11.3 Å². The van der Waals surface area contributed by atoms with Crippen molar-refractivity contribution in [3.8, 4) is 22.1 Å². The third-order valence-electron chi connectivity index (χ3n) is 3.83. The first-order valence-electron chi connectivity index (χ1n) is 7.35. The van der Waals surface area contributed by atoms with Crippen molar-refractivity contribution in [3.63, 3.8) is 0 Å². The third-order valence-corrected chi connectivity index (χ3v) is 4.65. The molecule has 10 heteroatoms. The molecule has 6 nitrogen and oxygen atoms in total. The predicted molar refractivity (Wildman–Crippen MR) is 85.3 cm³/mol. The molecule has 0 saturated heterocycles. The summed E-state index contributed by atoms with van der Waals surface area (Å²) in [5.74, 6) is -0.264. The van der Waals surface area contributed by atoms with Crippen molar-refractivity contribution in [2.24, 2.45) is 0 Å². The molecule has 4 rings (SSSR count). The minimum Gasteiger partial charge on any atom is -0.488 e. The van der Waals surface area contributed by atoms with Crippen molar-refractivity contribution in [1.82, 2.24) is 14.8 Å². The van der Waals surface area contributed by atoms with Crippen LogP contribution in [0.5, 0.6) is 5.75 Å². The van der Waals surface area contributed by atoms with Gasteiger partial charge in [0.2, 0.25) is 5.13 Å². The van der Waals surface area contributed by atoms with Gasteiger partial charge in [-0.2, -0.15) is 18.3 Å². The van der Waals surface area contributed by atoms with Crippen LogP contribution in [0.3, 0.4) is 0 Å². The highest BCUT2D eigenvalue weighted by atomic mass is 32.1. The average Bonchev–Trinajstić information content (AvgIpc) is 3.25. The Morgan fingerprint density at radius 2 is 2.12 bits per heavy atom. The molecule has 134 valence electrons. The zero-order valence-electron chi connectivity index (χ0n) is 13.2. The topological polar surface area (TPSA) is 66.2 Å². The van der Waals surface area contributed by atoms with E-state index in [-0.39, 0.29) is 28.7 Å². The molecule has 1 aliphatic heterocycles. The Labute approximate surface area is 148 Å². The van der Waals surface area contributed by atoms with Crippen LogP contribution in [0.4, 0.5) is 13.2 Å². The second kappa shape index (κ2) is 5.84. The van der Waals surface area contributed by atoms with Crippen molar-refractivity contribution in [1.29, 1.82) is 0 Å². The van der Waals surface area contributed by atoms with E-state index in [2.05, 4.69) is 14.8 Å². The van der Waals surface area contributed by atoms with Crippen LogP contribution in [-0.4, -0.2) is 27.8 Å². The van der Waals surface area contributed by atoms with Crippen molar-refractivity contribution in [2.45, 2.75) is 12.8 Å². The Bertz CT molecular complexity index is 1010. The summed E-state index contributed by atoms with van der Waals surface area (Å²) in [4.78, 5) is 15.5. The van der Waals surface area contributed by atoms with Crippen LogP contribution >= 0.6 is 11.3 Å². The number of ether oxygens (including phenoxy) is 2. The van der Waals surface area contributed by atoms with Crippen LogP contribution in [0.25, 0.3) is 16.4 Å². The molecule has 0 unspecified atom stereocenters. The smallest absolute Gasteiger partial charge is 0.434 e. The van der Waals surface area contributed by atoms with Crippen LogP contribution in [0.2, 0.25) is 0 Å². The molecular weight excluding hydrogens is 371 g/mol. The molecule has 0 radical (unpaired) electrons. The Hall–Kier alpha value is -2.88. The van der Waals surface area contributed by atoms with Gasteiger partial charge in [-0.25, -0.2) is 14.5 Å². The minimum atomic E-state index is -4.67. The molecule has 26 heavy (non-hydrogen) atoms. The number of hydrogen-bond donors (Lipinski definition) is 0. The van der Waals surface area contributed by atoms with Gasteiger partial charge in [0, 0.05) is 16.5 Å². The largest absolute Gasteiger partial charge is 0.488 e. The lowest BCUT2D eigenvalue weighted by Gasteiger charge is -2.17. The number of benzene rings is 1. The summed E-state index contributed by atoms with van der Waals surface area (Å²) in [5.41, 5.74) is -0.443. The van der Waals surface area contributed by atoms with Gasteiger partial charge in [0.05, 0.1) is 7.11 Å². The number of nitrogens with zero attached hydrogens (tertiary/aromatic N) is 3. The lowest BCUT2D eigenvalue weighted by Crippen LogP contribution is -2.17. The van der Waals surface area contributed by atoms with Crippen LogP contribution in [0.1, 0.15) is 21.7 Å². The van der Waals surface area contributed by atoms with Gasteiger partial charge in [-0.15, -0.1) is 11.3 Å². The maximum absolute atomic E-state index is 13.7. The monoisotopic (exact) mass is 381 g/mol. The number of thiazole rings is 1. The molecule has 3 heterocycles. The molecule has 0 saturated carbocycles. The van der Waals surface area contributed by atoms with Crippen LogP contribution in [-0.2, 0) is 17.5 Å². The van der Waals surface area contributed by atoms with E-state index in [1.165, 1.54) is 12.5 Å². The summed E-state index contributed by atoms with van der Waals surface area (Å²) in [6, 6.07) is 6.74. The molecule has 1 aromatic carbocycles. The maximum Gasteiger partial charge on any atom is 0.434 e. The molecule has 0 atom stereocenters. The van der Waals surface area contributed by atoms with Crippen LogP contribution in [0.15, 0.2) is 29.6 Å². The van der Waals surface area contributed by atoms with Gasteiger partial charge in [0.1, 0.15) is 18.1 Å². The van der Waals surface area contributed by atoms with Crippen molar-refractivity contribution in [3.05, 3.63) is 46.6 Å². The minimum absolute atomic E-state index is 0.0639. The molecule has 3 aromatic rings. The van der Waals surface area contributed by atoms with Crippen molar-refractivity contribution >= 4 is 17.3 Å². The summed E-state index contributed by atoms with van der Waals surface area (Å²) in [6.45, 7) is -0.254. The molecule has 0 spiro atoms. The fourth-order valence-electron chi connectivity index (χ4n) is 2.73. The standard InChI is InChI=1S/C16H10F3N3O3S/c1-24-14(23)10-7-26-15(20-10)22-13(16(17,18)19)9-6-25-11-5-3-2-4-8(11)12(9)21-22/h2-5,7H,6H2,1H3. The SMILES string of the molecule is COC(=O)c1csc(-n2nc3c(c2C(F)(F)F)COc2ccccc2-3)n1. The summed E-state index contributed by atoms with van der Waals surface area (Å²) in [7, 11) is 1.17. The highest BCUT2D eigenvalue weighted by Crippen LogP contribution is 2.43. The second-order valence-electron chi connectivity index (χ2n) is 5.38. The first kappa shape index (κ1) is 16.6. The van der Waals surface area contributed by atoms with Gasteiger partial charge in [0.25, 0.3) is 0 Å². The Kier molecular flexibility index (Phi) is 3.72. The number of hydrogen-bond acceptors (Lipinski definition) is 6. The van der Waals surface area contributed by atoms with Crippen molar-refractivity contribution < 1.29 is 27.4 Å². The Morgan fingerprint density at radius 3 is 2.85 bits per heavy atom. The molecule has 0 N–H and O–H groups in total. The average molecular weight is 381 g/mol. The first-order valence-corrected chi connectivity index (χ1v) is 8.23. The lowest BCUT2D eigenvalue weighted by atomic mass is 10.0. The number of carbonyl (C=O) groups is 1. The number of alkyl halides is 3. The maximum atomic E-state index is 13.7. The number of methoxy groups -OCH3 is 1. The van der Waals surface area contributed by atoms with Crippen molar-refractivity contribution in [2.75, 3.05) is 7.11 Å². The molecule has 0 bridgehead atoms. The quantitative estimate of drug-likeness (QED) is 0.634. The molecule has 1 aliphatic rings. The second-order valence-corrected chi connectivity index (χ2v) is 6.21. The fourth-order valence-corrected chi connectivity index (χ4v) is 3.48. The van der Waals surface area contributed by atoms with E-state index in [1.807, 2.05) is 0 Å². The molecule has 0 amide bonds. The zero-order chi connectivity index (χ0) is 18.5. The van der Waals surface area contributed by atoms with Gasteiger partial charge in [-0.1, -0.05) is 12.1 Å². The van der Waals surface area contributed by atoms with Gasteiger partial charge >= 0.3 is 12.1 Å². The fraction of sp³-hybridized carbons (Fsp3) is 0.188. The van der Waals surface area contributed by atoms with E-state index in [4.69, 9.17) is 4.74 Å². The highest BCUT2D eigenvalue weighted by Gasteiger charge is 2.42. The molecule has 2 aromatic heterocycles. The number of halogens is 3. The van der Waals surface area contributed by atoms with Gasteiger partial charge in [0.15, 0.2) is 11.4 Å². The summed E-state index contributed by atoms with van der Waals surface area (Å²) in [6.07, 6.45) is -4.67. The number of aromatic nitrogens is 3. The number of rotatable bonds is 2. The summed E-state index contributed by atoms with van der Waals surface area (Å²) < 4.78 is 51.9. The van der Waals surface area contributed by atoms with E-state index < -0.39 is 17.8 Å². The number of esters is 1. The number of carbonyl (C=O) groups excluding carboxylic acids is 1. The highest BCUT2D eigenvalue weighted by molar-refractivity contribution is 7.12. The van der Waals surface area contributed by atoms with E-state index in [1.54, 1.807) is 24.3 Å². The normalized spacial score (nSPS) is 12.9. The summed E-state index contributed by atoms with van der Waals surface area (Å²) >= 11 is 0.869. The Morgan fingerprint density at radius 1 is 1.35 bits per heavy atom. The Balaban J connectivity index is 1.93. The van der Waals surface area contributed by atoms with E-state index >= 15 is 0 Å². The zero-order valence-corrected chi connectivity index (χ0v) is 14.0. The lowest BCUT2D eigenvalue weighted by molar-refractivity contribution is -0.143. The van der Waals surface area contributed by atoms with E-state index in [9.17, 15) is 18.0 Å². The molecular formula is C16H10F3N3O3S. The number of fused-ring (bicyclic) bond motifs is 3.